The van der Waals surface area contributed by atoms with Crippen LogP contribution in [0.5, 0.6) is 0 Å². The van der Waals surface area contributed by atoms with E-state index < -0.39 is 0 Å². The highest BCUT2D eigenvalue weighted by Crippen LogP contribution is 2.19. The molecule has 0 radical (unpaired) electrons. The molecule has 1 aromatic rings. The Balaban J connectivity index is 2.81. The van der Waals surface area contributed by atoms with E-state index in [0.717, 1.165) is 17.4 Å². The molecule has 0 aliphatic rings. The maximum absolute atomic E-state index is 12.4. The van der Waals surface area contributed by atoms with Crippen molar-refractivity contribution in [2.45, 2.75) is 13.3 Å². The van der Waals surface area contributed by atoms with E-state index in [1.165, 1.54) is 0 Å². The molecule has 106 valence electrons. The first-order chi connectivity index (χ1) is 9.10. The van der Waals surface area contributed by atoms with Gasteiger partial charge in [-0.25, -0.2) is 4.98 Å². The Morgan fingerprint density at radius 3 is 2.95 bits per heavy atom. The number of carbonyl (C=O) groups is 1. The molecule has 0 aliphatic heterocycles. The van der Waals surface area contributed by atoms with Crippen molar-refractivity contribution in [3.63, 3.8) is 0 Å². The number of carbonyl (C=O) groups excluding carboxylic acids is 1. The quantitative estimate of drug-likeness (QED) is 0.780. The number of aromatic nitrogens is 1. The van der Waals surface area contributed by atoms with Gasteiger partial charge in [0.25, 0.3) is 5.91 Å². The van der Waals surface area contributed by atoms with Crippen LogP contribution < -0.4 is 5.32 Å². The van der Waals surface area contributed by atoms with Gasteiger partial charge in [0.05, 0.1) is 5.56 Å². The van der Waals surface area contributed by atoms with Gasteiger partial charge in [0.2, 0.25) is 0 Å². The molecule has 0 unspecified atom stereocenters. The summed E-state index contributed by atoms with van der Waals surface area (Å²) in [5.41, 5.74) is 0.580. The van der Waals surface area contributed by atoms with Crippen molar-refractivity contribution in [1.82, 2.24) is 9.88 Å². The van der Waals surface area contributed by atoms with E-state index in [1.54, 1.807) is 31.3 Å². The SMILES string of the molecule is CCNc1ncc(Br)cc1C(=O)N(C)CCCOC. The van der Waals surface area contributed by atoms with Gasteiger partial charge in [0.15, 0.2) is 0 Å². The molecular formula is C13H20BrN3O2. The van der Waals surface area contributed by atoms with Crippen LogP contribution in [0, 0.1) is 0 Å². The summed E-state index contributed by atoms with van der Waals surface area (Å²) in [6.45, 7) is 4.00. The lowest BCUT2D eigenvalue weighted by molar-refractivity contribution is 0.0780. The summed E-state index contributed by atoms with van der Waals surface area (Å²) in [6, 6.07) is 1.79. The van der Waals surface area contributed by atoms with Crippen molar-refractivity contribution >= 4 is 27.7 Å². The third-order valence-electron chi connectivity index (χ3n) is 2.62. The van der Waals surface area contributed by atoms with Gasteiger partial charge >= 0.3 is 0 Å². The molecular weight excluding hydrogens is 310 g/mol. The van der Waals surface area contributed by atoms with E-state index in [9.17, 15) is 4.79 Å². The molecule has 0 bridgehead atoms. The number of amides is 1. The van der Waals surface area contributed by atoms with E-state index in [1.807, 2.05) is 6.92 Å². The number of hydrogen-bond donors (Lipinski definition) is 1. The van der Waals surface area contributed by atoms with E-state index in [-0.39, 0.29) is 5.91 Å². The minimum atomic E-state index is -0.0409. The second-order valence-electron chi connectivity index (χ2n) is 4.15. The van der Waals surface area contributed by atoms with Crippen molar-refractivity contribution in [2.75, 3.05) is 39.2 Å². The van der Waals surface area contributed by atoms with Gasteiger partial charge < -0.3 is 15.0 Å². The minimum Gasteiger partial charge on any atom is -0.385 e. The predicted molar refractivity (Wildman–Crippen MR) is 79.6 cm³/mol. The molecule has 0 aliphatic carbocycles. The van der Waals surface area contributed by atoms with E-state index in [2.05, 4.69) is 26.2 Å². The molecule has 0 fully saturated rings. The molecule has 1 heterocycles. The van der Waals surface area contributed by atoms with Crippen LogP contribution in [0.4, 0.5) is 5.82 Å². The Kier molecular flexibility index (Phi) is 6.80. The van der Waals surface area contributed by atoms with Gasteiger partial charge in [-0.15, -0.1) is 0 Å². The van der Waals surface area contributed by atoms with Crippen LogP contribution in [-0.2, 0) is 4.74 Å². The lowest BCUT2D eigenvalue weighted by atomic mass is 10.2. The van der Waals surface area contributed by atoms with E-state index in [0.29, 0.717) is 24.5 Å². The number of anilines is 1. The first-order valence-electron chi connectivity index (χ1n) is 6.24. The Morgan fingerprint density at radius 2 is 2.32 bits per heavy atom. The van der Waals surface area contributed by atoms with Crippen molar-refractivity contribution in [3.8, 4) is 0 Å². The highest BCUT2D eigenvalue weighted by atomic mass is 79.9. The zero-order chi connectivity index (χ0) is 14.3. The zero-order valence-electron chi connectivity index (χ0n) is 11.6. The summed E-state index contributed by atoms with van der Waals surface area (Å²) in [7, 11) is 3.44. The Hall–Kier alpha value is -1.14. The van der Waals surface area contributed by atoms with Crippen LogP contribution in [0.1, 0.15) is 23.7 Å². The van der Waals surface area contributed by atoms with Gasteiger partial charge in [-0.05, 0) is 35.3 Å². The maximum Gasteiger partial charge on any atom is 0.257 e. The fourth-order valence-electron chi connectivity index (χ4n) is 1.66. The van der Waals surface area contributed by atoms with Crippen LogP contribution in [0.2, 0.25) is 0 Å². The topological polar surface area (TPSA) is 54.5 Å². The molecule has 0 saturated carbocycles. The van der Waals surface area contributed by atoms with Crippen LogP contribution in [-0.4, -0.2) is 49.6 Å². The third-order valence-corrected chi connectivity index (χ3v) is 3.05. The summed E-state index contributed by atoms with van der Waals surface area (Å²) >= 11 is 3.35. The minimum absolute atomic E-state index is 0.0409. The molecule has 1 aromatic heterocycles. The fourth-order valence-corrected chi connectivity index (χ4v) is 2.00. The summed E-state index contributed by atoms with van der Waals surface area (Å²) in [5.74, 6) is 0.579. The summed E-state index contributed by atoms with van der Waals surface area (Å²) < 4.78 is 5.78. The van der Waals surface area contributed by atoms with Crippen LogP contribution in [0.15, 0.2) is 16.7 Å². The number of methoxy groups -OCH3 is 1. The van der Waals surface area contributed by atoms with Crippen molar-refractivity contribution in [3.05, 3.63) is 22.3 Å². The number of ether oxygens (including phenoxy) is 1. The van der Waals surface area contributed by atoms with Gasteiger partial charge in [0, 0.05) is 44.5 Å². The molecule has 1 N–H and O–H groups in total. The second kappa shape index (κ2) is 8.12. The first kappa shape index (κ1) is 15.9. The molecule has 0 spiro atoms. The van der Waals surface area contributed by atoms with Gasteiger partial charge in [-0.2, -0.15) is 0 Å². The average Bonchev–Trinajstić information content (AvgIpc) is 2.40. The van der Waals surface area contributed by atoms with Crippen LogP contribution in [0.25, 0.3) is 0 Å². The zero-order valence-corrected chi connectivity index (χ0v) is 13.2. The van der Waals surface area contributed by atoms with Crippen LogP contribution in [0.3, 0.4) is 0 Å². The number of hydrogen-bond acceptors (Lipinski definition) is 4. The van der Waals surface area contributed by atoms with E-state index in [4.69, 9.17) is 4.74 Å². The highest BCUT2D eigenvalue weighted by Gasteiger charge is 2.17. The third kappa shape index (κ3) is 4.80. The molecule has 6 heteroatoms. The summed E-state index contributed by atoms with van der Waals surface area (Å²) in [5, 5.41) is 3.10. The lowest BCUT2D eigenvalue weighted by Crippen LogP contribution is -2.29. The normalized spacial score (nSPS) is 10.3. The lowest BCUT2D eigenvalue weighted by Gasteiger charge is -2.18. The average molecular weight is 330 g/mol. The van der Waals surface area contributed by atoms with Crippen molar-refractivity contribution in [1.29, 1.82) is 0 Å². The van der Waals surface area contributed by atoms with Crippen molar-refractivity contribution in [2.24, 2.45) is 0 Å². The summed E-state index contributed by atoms with van der Waals surface area (Å²) in [4.78, 5) is 18.3. The highest BCUT2D eigenvalue weighted by molar-refractivity contribution is 9.10. The van der Waals surface area contributed by atoms with Gasteiger partial charge in [-0.1, -0.05) is 0 Å². The Bertz CT molecular complexity index is 426. The number of pyridine rings is 1. The maximum atomic E-state index is 12.4. The first-order valence-corrected chi connectivity index (χ1v) is 7.03. The summed E-state index contributed by atoms with van der Waals surface area (Å²) in [6.07, 6.45) is 2.50. The monoisotopic (exact) mass is 329 g/mol. The van der Waals surface area contributed by atoms with Crippen LogP contribution >= 0.6 is 15.9 Å². The molecule has 0 aromatic carbocycles. The van der Waals surface area contributed by atoms with Gasteiger partial charge in [-0.3, -0.25) is 4.79 Å². The Morgan fingerprint density at radius 1 is 1.58 bits per heavy atom. The number of rotatable bonds is 7. The molecule has 19 heavy (non-hydrogen) atoms. The largest absolute Gasteiger partial charge is 0.385 e. The Labute approximate surface area is 122 Å². The number of nitrogens with one attached hydrogen (secondary N) is 1. The molecule has 0 saturated heterocycles. The van der Waals surface area contributed by atoms with Crippen molar-refractivity contribution < 1.29 is 9.53 Å². The standard InChI is InChI=1S/C13H20BrN3O2/c1-4-15-12-11(8-10(14)9-16-12)13(18)17(2)6-5-7-19-3/h8-9H,4-7H2,1-3H3,(H,15,16). The smallest absolute Gasteiger partial charge is 0.257 e. The van der Waals surface area contributed by atoms with Gasteiger partial charge in [0.1, 0.15) is 5.82 Å². The fraction of sp³-hybridized carbons (Fsp3) is 0.538. The van der Waals surface area contributed by atoms with E-state index >= 15 is 0 Å². The number of halogens is 1. The molecule has 1 rings (SSSR count). The predicted octanol–water partition coefficient (Wildman–Crippen LogP) is 2.38. The number of nitrogens with zero attached hydrogens (tertiary/aromatic N) is 2. The molecule has 1 amide bonds. The molecule has 0 atom stereocenters. The molecule has 5 nitrogen and oxygen atoms in total. The second-order valence-corrected chi connectivity index (χ2v) is 5.07.